The Labute approximate surface area is 131 Å². The monoisotopic (exact) mass is 311 g/mol. The molecule has 0 spiro atoms. The van der Waals surface area contributed by atoms with Gasteiger partial charge in [0.15, 0.2) is 0 Å². The van der Waals surface area contributed by atoms with Crippen LogP contribution in [0.4, 0.5) is 4.79 Å². The Bertz CT molecular complexity index is 531. The number of benzene rings is 1. The number of hydrogen-bond donors (Lipinski definition) is 0. The van der Waals surface area contributed by atoms with Gasteiger partial charge in [-0.15, -0.1) is 0 Å². The Balaban J connectivity index is 3.27. The summed E-state index contributed by atoms with van der Waals surface area (Å²) in [5.41, 5.74) is -0.377. The van der Waals surface area contributed by atoms with E-state index in [-0.39, 0.29) is 0 Å². The summed E-state index contributed by atoms with van der Waals surface area (Å²) in [6, 6.07) is 5.36. The fourth-order valence-corrected chi connectivity index (χ4v) is 2.51. The lowest BCUT2D eigenvalue weighted by atomic mass is 9.88. The van der Waals surface area contributed by atoms with E-state index in [1.807, 2.05) is 13.0 Å². The number of halogens is 1. The third kappa shape index (κ3) is 3.76. The van der Waals surface area contributed by atoms with Crippen molar-refractivity contribution in [2.75, 3.05) is 7.05 Å². The van der Waals surface area contributed by atoms with Gasteiger partial charge in [-0.2, -0.15) is 0 Å². The fourth-order valence-electron chi connectivity index (χ4n) is 2.10. The van der Waals surface area contributed by atoms with E-state index in [9.17, 15) is 9.59 Å². The molecule has 0 saturated carbocycles. The van der Waals surface area contributed by atoms with Gasteiger partial charge in [-0.05, 0) is 46.2 Å². The van der Waals surface area contributed by atoms with Gasteiger partial charge < -0.3 is 9.53 Å². The Kier molecular flexibility index (Phi) is 5.05. The second-order valence-corrected chi connectivity index (χ2v) is 6.64. The first-order chi connectivity index (χ1) is 9.53. The minimum atomic E-state index is -1.19. The van der Waals surface area contributed by atoms with Gasteiger partial charge in [0, 0.05) is 17.6 Å². The molecule has 5 heteroatoms. The van der Waals surface area contributed by atoms with E-state index in [2.05, 4.69) is 0 Å². The zero-order chi connectivity index (χ0) is 16.4. The van der Waals surface area contributed by atoms with Crippen LogP contribution in [0, 0.1) is 6.92 Å². The molecule has 0 aliphatic heterocycles. The summed E-state index contributed by atoms with van der Waals surface area (Å²) in [4.78, 5) is 25.3. The number of aldehydes is 1. The Morgan fingerprint density at radius 1 is 1.29 bits per heavy atom. The highest BCUT2D eigenvalue weighted by atomic mass is 35.5. The summed E-state index contributed by atoms with van der Waals surface area (Å²) in [6.45, 7) is 8.83. The molecule has 0 aromatic heterocycles. The number of nitrogens with zero attached hydrogens (tertiary/aromatic N) is 1. The van der Waals surface area contributed by atoms with Crippen LogP contribution in [0.25, 0.3) is 0 Å². The van der Waals surface area contributed by atoms with Crippen molar-refractivity contribution in [1.29, 1.82) is 0 Å². The second kappa shape index (κ2) is 6.06. The van der Waals surface area contributed by atoms with Crippen LogP contribution in [0.5, 0.6) is 0 Å². The molecule has 4 nitrogen and oxygen atoms in total. The van der Waals surface area contributed by atoms with E-state index in [4.69, 9.17) is 16.3 Å². The van der Waals surface area contributed by atoms with E-state index in [1.54, 1.807) is 39.8 Å². The van der Waals surface area contributed by atoms with Crippen LogP contribution in [0.15, 0.2) is 18.2 Å². The number of ether oxygens (including phenoxy) is 1. The number of amides is 1. The minimum Gasteiger partial charge on any atom is -0.444 e. The molecule has 0 saturated heterocycles. The van der Waals surface area contributed by atoms with Crippen LogP contribution < -0.4 is 0 Å². The number of carbonyl (C=O) groups is 2. The molecule has 0 N–H and O–H groups in total. The van der Waals surface area contributed by atoms with Crippen molar-refractivity contribution in [1.82, 2.24) is 4.90 Å². The van der Waals surface area contributed by atoms with E-state index in [0.717, 1.165) is 5.56 Å². The molecule has 1 rings (SSSR count). The molecule has 1 unspecified atom stereocenters. The summed E-state index contributed by atoms with van der Waals surface area (Å²) in [5.74, 6) is 0. The van der Waals surface area contributed by atoms with E-state index < -0.39 is 17.2 Å². The zero-order valence-corrected chi connectivity index (χ0v) is 14.1. The molecule has 1 atom stereocenters. The lowest BCUT2D eigenvalue weighted by Gasteiger charge is -2.37. The molecule has 0 heterocycles. The third-order valence-electron chi connectivity index (χ3n) is 3.32. The maximum Gasteiger partial charge on any atom is 0.411 e. The lowest BCUT2D eigenvalue weighted by Crippen LogP contribution is -2.48. The van der Waals surface area contributed by atoms with Gasteiger partial charge in [0.2, 0.25) is 0 Å². The van der Waals surface area contributed by atoms with E-state index >= 15 is 0 Å². The van der Waals surface area contributed by atoms with Gasteiger partial charge in [-0.25, -0.2) is 4.79 Å². The fraction of sp³-hybridized carbons (Fsp3) is 0.500. The van der Waals surface area contributed by atoms with Gasteiger partial charge in [0.1, 0.15) is 17.4 Å². The highest BCUT2D eigenvalue weighted by Crippen LogP contribution is 2.34. The molecular weight excluding hydrogens is 290 g/mol. The molecule has 0 bridgehead atoms. The smallest absolute Gasteiger partial charge is 0.411 e. The van der Waals surface area contributed by atoms with Gasteiger partial charge in [-0.1, -0.05) is 23.7 Å². The van der Waals surface area contributed by atoms with Crippen LogP contribution in [0.3, 0.4) is 0 Å². The van der Waals surface area contributed by atoms with Crippen LogP contribution in [0.1, 0.15) is 38.8 Å². The maximum absolute atomic E-state index is 12.3. The number of aryl methyl sites for hydroxylation is 1. The molecule has 21 heavy (non-hydrogen) atoms. The zero-order valence-electron chi connectivity index (χ0n) is 13.4. The Hall–Kier alpha value is -1.55. The molecule has 1 amide bonds. The van der Waals surface area contributed by atoms with Crippen molar-refractivity contribution in [2.24, 2.45) is 0 Å². The summed E-state index contributed by atoms with van der Waals surface area (Å²) >= 11 is 6.24. The molecule has 0 radical (unpaired) electrons. The molecule has 0 aliphatic rings. The summed E-state index contributed by atoms with van der Waals surface area (Å²) in [7, 11) is 1.53. The first kappa shape index (κ1) is 17.5. The quantitative estimate of drug-likeness (QED) is 0.795. The standard InChI is InChI=1S/C16H22ClNO3/c1-11-8-7-9-12(17)13(11)16(5,10-19)18(6)14(20)21-15(2,3)4/h7-10H,1-6H3. The van der Waals surface area contributed by atoms with E-state index in [0.29, 0.717) is 16.9 Å². The number of likely N-dealkylation sites (N-methyl/N-ethyl adjacent to an activating group) is 1. The topological polar surface area (TPSA) is 46.6 Å². The predicted molar refractivity (Wildman–Crippen MR) is 83.6 cm³/mol. The van der Waals surface area contributed by atoms with Crippen molar-refractivity contribution in [3.05, 3.63) is 34.3 Å². The van der Waals surface area contributed by atoms with Crippen molar-refractivity contribution in [3.63, 3.8) is 0 Å². The molecular formula is C16H22ClNO3. The SMILES string of the molecule is Cc1cccc(Cl)c1C(C)(C=O)N(C)C(=O)OC(C)(C)C. The van der Waals surface area contributed by atoms with Crippen molar-refractivity contribution >= 4 is 24.0 Å². The molecule has 1 aromatic rings. The first-order valence-electron chi connectivity index (χ1n) is 6.71. The number of rotatable bonds is 3. The number of carbonyl (C=O) groups excluding carboxylic acids is 2. The average molecular weight is 312 g/mol. The van der Waals surface area contributed by atoms with Crippen LogP contribution in [0.2, 0.25) is 5.02 Å². The highest BCUT2D eigenvalue weighted by Gasteiger charge is 2.39. The number of hydrogen-bond acceptors (Lipinski definition) is 3. The molecule has 0 fully saturated rings. The summed E-state index contributed by atoms with van der Waals surface area (Å²) in [5, 5.41) is 0.444. The maximum atomic E-state index is 12.3. The van der Waals surface area contributed by atoms with Crippen molar-refractivity contribution in [3.8, 4) is 0 Å². The molecule has 1 aromatic carbocycles. The van der Waals surface area contributed by atoms with Gasteiger partial charge >= 0.3 is 6.09 Å². The van der Waals surface area contributed by atoms with E-state index in [1.165, 1.54) is 11.9 Å². The first-order valence-corrected chi connectivity index (χ1v) is 7.09. The predicted octanol–water partition coefficient (Wildman–Crippen LogP) is 3.93. The average Bonchev–Trinajstić information content (AvgIpc) is 2.35. The van der Waals surface area contributed by atoms with Crippen LogP contribution >= 0.6 is 11.6 Å². The normalized spacial score (nSPS) is 14.2. The van der Waals surface area contributed by atoms with Crippen molar-refractivity contribution in [2.45, 2.75) is 45.8 Å². The van der Waals surface area contributed by atoms with Gasteiger partial charge in [0.05, 0.1) is 0 Å². The van der Waals surface area contributed by atoms with Crippen LogP contribution in [-0.4, -0.2) is 29.9 Å². The largest absolute Gasteiger partial charge is 0.444 e. The second-order valence-electron chi connectivity index (χ2n) is 6.24. The van der Waals surface area contributed by atoms with Crippen LogP contribution in [-0.2, 0) is 15.1 Å². The third-order valence-corrected chi connectivity index (χ3v) is 3.64. The minimum absolute atomic E-state index is 0.444. The lowest BCUT2D eigenvalue weighted by molar-refractivity contribution is -0.117. The molecule has 116 valence electrons. The van der Waals surface area contributed by atoms with Gasteiger partial charge in [-0.3, -0.25) is 4.90 Å². The summed E-state index contributed by atoms with van der Waals surface area (Å²) < 4.78 is 5.33. The Morgan fingerprint density at radius 3 is 2.29 bits per heavy atom. The Morgan fingerprint density at radius 2 is 1.86 bits per heavy atom. The van der Waals surface area contributed by atoms with Gasteiger partial charge in [0.25, 0.3) is 0 Å². The van der Waals surface area contributed by atoms with Crippen molar-refractivity contribution < 1.29 is 14.3 Å². The molecule has 0 aliphatic carbocycles. The summed E-state index contributed by atoms with van der Waals surface area (Å²) in [6.07, 6.45) is 0.141. The highest BCUT2D eigenvalue weighted by molar-refractivity contribution is 6.31.